The number of rotatable bonds is 2. The summed E-state index contributed by atoms with van der Waals surface area (Å²) in [6, 6.07) is 21.3. The first-order valence-corrected chi connectivity index (χ1v) is 6.53. The Kier molecular flexibility index (Phi) is 3.18. The zero-order valence-corrected chi connectivity index (χ0v) is 10.5. The van der Waals surface area contributed by atoms with Crippen LogP contribution in [0.5, 0.6) is 0 Å². The lowest BCUT2D eigenvalue weighted by Crippen LogP contribution is -2.45. The maximum absolute atomic E-state index is 2.44. The quantitative estimate of drug-likeness (QED) is 0.791. The highest BCUT2D eigenvalue weighted by Crippen LogP contribution is 2.22. The van der Waals surface area contributed by atoms with Crippen molar-refractivity contribution in [2.45, 2.75) is 6.42 Å². The monoisotopic (exact) mass is 238 g/mol. The predicted octanol–water partition coefficient (Wildman–Crippen LogP) is 3.36. The molecule has 0 spiro atoms. The lowest BCUT2D eigenvalue weighted by molar-refractivity contribution is 0.615. The summed E-state index contributed by atoms with van der Waals surface area (Å²) in [6.45, 7) is 3.27. The second-order valence-corrected chi connectivity index (χ2v) is 4.69. The van der Waals surface area contributed by atoms with Gasteiger partial charge in [0.2, 0.25) is 0 Å². The molecule has 0 bridgehead atoms. The third-order valence-electron chi connectivity index (χ3n) is 3.44. The van der Waals surface area contributed by atoms with Gasteiger partial charge in [-0.25, -0.2) is 0 Å². The Morgan fingerprint density at radius 1 is 0.611 bits per heavy atom. The van der Waals surface area contributed by atoms with Crippen LogP contribution in [-0.2, 0) is 0 Å². The molecule has 2 aromatic rings. The van der Waals surface area contributed by atoms with Crippen molar-refractivity contribution in [3.8, 4) is 0 Å². The standard InChI is InChI=1S/C16H18N2/c1-3-8-15(9-4-1)17-12-7-13-18(14-17)16-10-5-2-6-11-16/h1-6,8-11H,7,12-14H2. The number of hydrogen-bond acceptors (Lipinski definition) is 2. The molecule has 1 aliphatic rings. The van der Waals surface area contributed by atoms with Crippen molar-refractivity contribution in [2.24, 2.45) is 0 Å². The van der Waals surface area contributed by atoms with E-state index in [9.17, 15) is 0 Å². The molecule has 0 aliphatic carbocycles. The van der Waals surface area contributed by atoms with Crippen LogP contribution in [-0.4, -0.2) is 19.8 Å². The molecule has 0 radical (unpaired) electrons. The molecule has 2 aromatic carbocycles. The van der Waals surface area contributed by atoms with Crippen LogP contribution in [0, 0.1) is 0 Å². The van der Waals surface area contributed by atoms with Crippen molar-refractivity contribution in [3.63, 3.8) is 0 Å². The number of anilines is 2. The van der Waals surface area contributed by atoms with Crippen LogP contribution in [0.3, 0.4) is 0 Å². The Hall–Kier alpha value is -1.96. The molecule has 0 unspecified atom stereocenters. The van der Waals surface area contributed by atoms with Crippen LogP contribution in [0.4, 0.5) is 11.4 Å². The molecule has 0 saturated carbocycles. The van der Waals surface area contributed by atoms with Crippen molar-refractivity contribution in [1.82, 2.24) is 0 Å². The molecule has 2 nitrogen and oxygen atoms in total. The van der Waals surface area contributed by atoms with Crippen LogP contribution in [0.15, 0.2) is 60.7 Å². The molecular weight excluding hydrogens is 220 g/mol. The van der Waals surface area contributed by atoms with Crippen LogP contribution in [0.1, 0.15) is 6.42 Å². The van der Waals surface area contributed by atoms with E-state index in [2.05, 4.69) is 70.5 Å². The fourth-order valence-electron chi connectivity index (χ4n) is 2.50. The molecule has 0 amide bonds. The molecule has 1 saturated heterocycles. The average molecular weight is 238 g/mol. The Bertz CT molecular complexity index is 435. The van der Waals surface area contributed by atoms with Gasteiger partial charge in [-0.15, -0.1) is 0 Å². The maximum Gasteiger partial charge on any atom is 0.0902 e. The van der Waals surface area contributed by atoms with Crippen LogP contribution < -0.4 is 9.80 Å². The van der Waals surface area contributed by atoms with Gasteiger partial charge in [0, 0.05) is 24.5 Å². The largest absolute Gasteiger partial charge is 0.354 e. The predicted molar refractivity (Wildman–Crippen MR) is 77.1 cm³/mol. The number of hydrogen-bond donors (Lipinski definition) is 0. The minimum Gasteiger partial charge on any atom is -0.354 e. The van der Waals surface area contributed by atoms with Gasteiger partial charge in [0.1, 0.15) is 0 Å². The first-order valence-electron chi connectivity index (χ1n) is 6.53. The Morgan fingerprint density at radius 3 is 1.50 bits per heavy atom. The first kappa shape index (κ1) is 11.1. The Labute approximate surface area is 108 Å². The molecule has 0 aromatic heterocycles. The number of para-hydroxylation sites is 2. The SMILES string of the molecule is c1ccc(N2CCCN(c3ccccc3)C2)cc1. The topological polar surface area (TPSA) is 6.48 Å². The fourth-order valence-corrected chi connectivity index (χ4v) is 2.50. The summed E-state index contributed by atoms with van der Waals surface area (Å²) < 4.78 is 0. The van der Waals surface area contributed by atoms with Gasteiger partial charge >= 0.3 is 0 Å². The molecule has 1 fully saturated rings. The van der Waals surface area contributed by atoms with E-state index < -0.39 is 0 Å². The van der Waals surface area contributed by atoms with E-state index in [1.54, 1.807) is 0 Å². The average Bonchev–Trinajstić information content (AvgIpc) is 2.49. The van der Waals surface area contributed by atoms with Crippen LogP contribution in [0.25, 0.3) is 0 Å². The van der Waals surface area contributed by atoms with Gasteiger partial charge in [-0.3, -0.25) is 0 Å². The minimum atomic E-state index is 0.980. The van der Waals surface area contributed by atoms with Crippen molar-refractivity contribution in [3.05, 3.63) is 60.7 Å². The summed E-state index contributed by atoms with van der Waals surface area (Å²) in [7, 11) is 0. The highest BCUT2D eigenvalue weighted by Gasteiger charge is 2.17. The summed E-state index contributed by atoms with van der Waals surface area (Å²) in [6.07, 6.45) is 1.21. The van der Waals surface area contributed by atoms with Gasteiger partial charge in [-0.1, -0.05) is 36.4 Å². The van der Waals surface area contributed by atoms with Crippen molar-refractivity contribution < 1.29 is 0 Å². The molecule has 92 valence electrons. The summed E-state index contributed by atoms with van der Waals surface area (Å²) in [4.78, 5) is 4.88. The molecule has 0 N–H and O–H groups in total. The summed E-state index contributed by atoms with van der Waals surface area (Å²) in [5, 5.41) is 0. The Morgan fingerprint density at radius 2 is 1.06 bits per heavy atom. The van der Waals surface area contributed by atoms with E-state index in [0.29, 0.717) is 0 Å². The summed E-state index contributed by atoms with van der Waals surface area (Å²) in [5.41, 5.74) is 2.64. The zero-order valence-electron chi connectivity index (χ0n) is 10.5. The lowest BCUT2D eigenvalue weighted by Gasteiger charge is -2.38. The summed E-state index contributed by atoms with van der Waals surface area (Å²) in [5.74, 6) is 0. The molecule has 1 aliphatic heterocycles. The fraction of sp³-hybridized carbons (Fsp3) is 0.250. The van der Waals surface area contributed by atoms with Crippen LogP contribution >= 0.6 is 0 Å². The normalized spacial score (nSPS) is 15.8. The third-order valence-corrected chi connectivity index (χ3v) is 3.44. The van der Waals surface area contributed by atoms with E-state index >= 15 is 0 Å². The molecule has 2 heteroatoms. The van der Waals surface area contributed by atoms with Crippen LogP contribution in [0.2, 0.25) is 0 Å². The smallest absolute Gasteiger partial charge is 0.0902 e. The molecule has 1 heterocycles. The second kappa shape index (κ2) is 5.13. The van der Waals surface area contributed by atoms with Crippen molar-refractivity contribution in [1.29, 1.82) is 0 Å². The van der Waals surface area contributed by atoms with E-state index in [0.717, 1.165) is 19.8 Å². The Balaban J connectivity index is 1.77. The molecule has 18 heavy (non-hydrogen) atoms. The first-order chi connectivity index (χ1) is 8.93. The lowest BCUT2D eigenvalue weighted by atomic mass is 10.2. The van der Waals surface area contributed by atoms with Gasteiger partial charge in [-0.05, 0) is 30.7 Å². The van der Waals surface area contributed by atoms with Crippen molar-refractivity contribution in [2.75, 3.05) is 29.6 Å². The van der Waals surface area contributed by atoms with Gasteiger partial charge in [0.25, 0.3) is 0 Å². The van der Waals surface area contributed by atoms with E-state index in [4.69, 9.17) is 0 Å². The van der Waals surface area contributed by atoms with Gasteiger partial charge in [0.05, 0.1) is 6.67 Å². The van der Waals surface area contributed by atoms with E-state index in [1.165, 1.54) is 17.8 Å². The van der Waals surface area contributed by atoms with E-state index in [1.807, 2.05) is 0 Å². The maximum atomic E-state index is 2.44. The highest BCUT2D eigenvalue weighted by molar-refractivity contribution is 5.52. The highest BCUT2D eigenvalue weighted by atomic mass is 15.3. The van der Waals surface area contributed by atoms with Gasteiger partial charge in [-0.2, -0.15) is 0 Å². The molecule has 3 rings (SSSR count). The number of benzene rings is 2. The summed E-state index contributed by atoms with van der Waals surface area (Å²) >= 11 is 0. The minimum absolute atomic E-state index is 0.980. The number of nitrogens with zero attached hydrogens (tertiary/aromatic N) is 2. The van der Waals surface area contributed by atoms with Crippen molar-refractivity contribution >= 4 is 11.4 Å². The molecule has 0 atom stereocenters. The van der Waals surface area contributed by atoms with E-state index in [-0.39, 0.29) is 0 Å². The zero-order chi connectivity index (χ0) is 12.2. The molecular formula is C16H18N2. The van der Waals surface area contributed by atoms with Gasteiger partial charge < -0.3 is 9.80 Å². The van der Waals surface area contributed by atoms with Gasteiger partial charge in [0.15, 0.2) is 0 Å². The second-order valence-electron chi connectivity index (χ2n) is 4.69. The third kappa shape index (κ3) is 2.33.